The van der Waals surface area contributed by atoms with Crippen LogP contribution in [0.4, 0.5) is 4.79 Å². The van der Waals surface area contributed by atoms with E-state index in [-0.39, 0.29) is 6.42 Å². The van der Waals surface area contributed by atoms with Crippen molar-refractivity contribution in [3.05, 3.63) is 71.3 Å². The number of rotatable bonds is 10. The maximum absolute atomic E-state index is 14.2. The van der Waals surface area contributed by atoms with Crippen LogP contribution >= 0.6 is 0 Å². The Morgan fingerprint density at radius 2 is 1.42 bits per heavy atom. The van der Waals surface area contributed by atoms with Gasteiger partial charge >= 0.3 is 12.1 Å². The summed E-state index contributed by atoms with van der Waals surface area (Å²) in [5, 5.41) is 5.42. The monoisotopic (exact) mass is 591 g/mol. The van der Waals surface area contributed by atoms with Crippen LogP contribution in [-0.4, -0.2) is 52.1 Å². The second-order valence-electron chi connectivity index (χ2n) is 12.7. The molecule has 0 saturated carbocycles. The number of nitrogens with zero attached hydrogens (tertiary/aromatic N) is 1. The highest BCUT2D eigenvalue weighted by atomic mass is 16.6. The third-order valence-corrected chi connectivity index (χ3v) is 6.26. The zero-order valence-corrected chi connectivity index (χ0v) is 26.7. The van der Waals surface area contributed by atoms with Crippen molar-refractivity contribution >= 4 is 23.9 Å². The van der Waals surface area contributed by atoms with Gasteiger partial charge in [-0.25, -0.2) is 9.59 Å². The Bertz CT molecular complexity index is 1320. The fourth-order valence-corrected chi connectivity index (χ4v) is 4.32. The van der Waals surface area contributed by atoms with Crippen LogP contribution in [0.3, 0.4) is 0 Å². The van der Waals surface area contributed by atoms with Crippen molar-refractivity contribution in [3.63, 3.8) is 0 Å². The molecule has 0 aliphatic heterocycles. The molecule has 0 heterocycles. The van der Waals surface area contributed by atoms with Gasteiger partial charge in [0.1, 0.15) is 29.3 Å². The molecule has 0 saturated heterocycles. The second kappa shape index (κ2) is 14.7. The average molecular weight is 592 g/mol. The first-order valence-corrected chi connectivity index (χ1v) is 14.3. The summed E-state index contributed by atoms with van der Waals surface area (Å²) < 4.78 is 11.0. The lowest BCUT2D eigenvalue weighted by Crippen LogP contribution is -2.55. The minimum atomic E-state index is -1.32. The van der Waals surface area contributed by atoms with Gasteiger partial charge in [-0.2, -0.15) is 0 Å². The quantitative estimate of drug-likeness (QED) is 0.227. The summed E-state index contributed by atoms with van der Waals surface area (Å²) in [7, 11) is 0. The molecule has 0 aliphatic carbocycles. The topological polar surface area (TPSA) is 114 Å². The Morgan fingerprint density at radius 3 is 1.93 bits per heavy atom. The van der Waals surface area contributed by atoms with Crippen molar-refractivity contribution in [2.45, 2.75) is 98.1 Å². The van der Waals surface area contributed by atoms with Gasteiger partial charge in [0.25, 0.3) is 5.91 Å². The number of ether oxygens (including phenoxy) is 2. The number of benzene rings is 2. The van der Waals surface area contributed by atoms with E-state index in [1.807, 2.05) is 30.3 Å². The number of terminal acetylenes is 1. The van der Waals surface area contributed by atoms with Crippen molar-refractivity contribution in [2.75, 3.05) is 0 Å². The number of carbonyl (C=O) groups excluding carboxylic acids is 4. The van der Waals surface area contributed by atoms with Gasteiger partial charge in [-0.15, -0.1) is 0 Å². The maximum atomic E-state index is 14.2. The SMILES string of the molecule is C#CN(C(=O)C(NC(=O)OC(C)(C)C)C(C)C)C(C(=O)NC(Cc1ccccc1)C(=O)OC(C)(C)C)c1ccccc1C. The Morgan fingerprint density at radius 1 is 0.860 bits per heavy atom. The minimum Gasteiger partial charge on any atom is -0.458 e. The van der Waals surface area contributed by atoms with Gasteiger partial charge < -0.3 is 20.1 Å². The van der Waals surface area contributed by atoms with Gasteiger partial charge in [0.05, 0.1) is 0 Å². The standard InChI is InChI=1S/C34H45N3O6/c1-11-37(30(39)27(22(2)3)36-32(41)43-34(8,9)10)28(25-20-16-15-17-23(25)4)29(38)35-26(31(40)42-33(5,6)7)21-24-18-13-12-14-19-24/h1,12-20,22,26-28H,21H2,2-10H3,(H,35,38)(H,36,41). The van der Waals surface area contributed by atoms with Gasteiger partial charge in [-0.1, -0.05) is 74.9 Å². The summed E-state index contributed by atoms with van der Waals surface area (Å²) in [5.74, 6) is -2.38. The number of hydrogen-bond acceptors (Lipinski definition) is 6. The molecule has 0 aliphatic rings. The van der Waals surface area contributed by atoms with E-state index < -0.39 is 59.1 Å². The average Bonchev–Trinajstić information content (AvgIpc) is 2.88. The number of nitrogens with one attached hydrogen (secondary N) is 2. The number of aryl methyl sites for hydroxylation is 1. The molecule has 2 N–H and O–H groups in total. The Balaban J connectivity index is 2.54. The van der Waals surface area contributed by atoms with Crippen LogP contribution in [0.2, 0.25) is 0 Å². The van der Waals surface area contributed by atoms with E-state index in [1.54, 1.807) is 86.6 Å². The van der Waals surface area contributed by atoms with Crippen LogP contribution in [0, 0.1) is 25.3 Å². The molecule has 3 unspecified atom stereocenters. The lowest BCUT2D eigenvalue weighted by atomic mass is 9.96. The highest BCUT2D eigenvalue weighted by Crippen LogP contribution is 2.26. The Hall–Kier alpha value is -4.32. The van der Waals surface area contributed by atoms with Gasteiger partial charge in [0, 0.05) is 12.5 Å². The number of hydrogen-bond donors (Lipinski definition) is 2. The molecule has 2 aromatic carbocycles. The zero-order valence-electron chi connectivity index (χ0n) is 26.7. The number of alkyl carbamates (subject to hydrolysis) is 1. The van der Waals surface area contributed by atoms with Crippen LogP contribution in [0.5, 0.6) is 0 Å². The van der Waals surface area contributed by atoms with E-state index in [9.17, 15) is 19.2 Å². The van der Waals surface area contributed by atoms with Crippen molar-refractivity contribution in [1.29, 1.82) is 0 Å². The predicted molar refractivity (Wildman–Crippen MR) is 166 cm³/mol. The number of amides is 3. The number of esters is 1. The second-order valence-corrected chi connectivity index (χ2v) is 12.7. The summed E-state index contributed by atoms with van der Waals surface area (Å²) in [6.07, 6.45) is 5.27. The summed E-state index contributed by atoms with van der Waals surface area (Å²) in [6.45, 7) is 15.6. The Labute approximate surface area is 255 Å². The van der Waals surface area contributed by atoms with E-state index in [1.165, 1.54) is 0 Å². The van der Waals surface area contributed by atoms with Crippen molar-refractivity contribution in [1.82, 2.24) is 15.5 Å². The molecule has 43 heavy (non-hydrogen) atoms. The largest absolute Gasteiger partial charge is 0.458 e. The van der Waals surface area contributed by atoms with E-state index in [2.05, 4.69) is 16.7 Å². The van der Waals surface area contributed by atoms with E-state index in [4.69, 9.17) is 15.9 Å². The van der Waals surface area contributed by atoms with Gasteiger partial charge in [-0.05, 0) is 71.1 Å². The van der Waals surface area contributed by atoms with Crippen LogP contribution < -0.4 is 10.6 Å². The van der Waals surface area contributed by atoms with Crippen LogP contribution in [0.1, 0.15) is 78.1 Å². The molecule has 3 amide bonds. The molecule has 2 aromatic rings. The van der Waals surface area contributed by atoms with Crippen molar-refractivity contribution < 1.29 is 28.7 Å². The third-order valence-electron chi connectivity index (χ3n) is 6.26. The summed E-state index contributed by atoms with van der Waals surface area (Å²) in [4.78, 5) is 55.1. The lowest BCUT2D eigenvalue weighted by Gasteiger charge is -2.33. The molecular weight excluding hydrogens is 546 g/mol. The molecule has 0 aromatic heterocycles. The molecule has 0 fully saturated rings. The maximum Gasteiger partial charge on any atom is 0.408 e. The summed E-state index contributed by atoms with van der Waals surface area (Å²) in [6, 6.07) is 15.1. The minimum absolute atomic E-state index is 0.154. The van der Waals surface area contributed by atoms with Crippen LogP contribution in [0.15, 0.2) is 54.6 Å². The molecule has 3 atom stereocenters. The fraction of sp³-hybridized carbons (Fsp3) is 0.471. The zero-order chi connectivity index (χ0) is 32.5. The molecule has 0 spiro atoms. The van der Waals surface area contributed by atoms with Crippen molar-refractivity contribution in [3.8, 4) is 12.5 Å². The van der Waals surface area contributed by atoms with Gasteiger partial charge in [0.2, 0.25) is 5.91 Å². The molecule has 0 bridgehead atoms. The third kappa shape index (κ3) is 10.8. The smallest absolute Gasteiger partial charge is 0.408 e. The van der Waals surface area contributed by atoms with E-state index in [0.29, 0.717) is 11.1 Å². The molecule has 9 heteroatoms. The van der Waals surface area contributed by atoms with Crippen molar-refractivity contribution in [2.24, 2.45) is 5.92 Å². The van der Waals surface area contributed by atoms with E-state index >= 15 is 0 Å². The molecule has 2 rings (SSSR count). The highest BCUT2D eigenvalue weighted by molar-refractivity contribution is 5.95. The van der Waals surface area contributed by atoms with Gasteiger partial charge in [-0.3, -0.25) is 14.5 Å². The van der Waals surface area contributed by atoms with Crippen LogP contribution in [0.25, 0.3) is 0 Å². The first kappa shape index (κ1) is 34.9. The normalized spacial score (nSPS) is 13.6. The molecular formula is C34H45N3O6. The first-order valence-electron chi connectivity index (χ1n) is 14.3. The van der Waals surface area contributed by atoms with Crippen LogP contribution in [-0.2, 0) is 30.3 Å². The number of carbonyl (C=O) groups is 4. The fourth-order valence-electron chi connectivity index (χ4n) is 4.32. The Kier molecular flexibility index (Phi) is 11.9. The van der Waals surface area contributed by atoms with Gasteiger partial charge in [0.15, 0.2) is 0 Å². The summed E-state index contributed by atoms with van der Waals surface area (Å²) >= 11 is 0. The predicted octanol–water partition coefficient (Wildman–Crippen LogP) is 5.07. The molecule has 9 nitrogen and oxygen atoms in total. The molecule has 232 valence electrons. The highest BCUT2D eigenvalue weighted by Gasteiger charge is 2.39. The molecule has 0 radical (unpaired) electrons. The van der Waals surface area contributed by atoms with E-state index in [0.717, 1.165) is 10.5 Å². The summed E-state index contributed by atoms with van der Waals surface area (Å²) in [5.41, 5.74) is 0.379. The first-order chi connectivity index (χ1) is 19.9. The lowest BCUT2D eigenvalue weighted by molar-refractivity contribution is -0.159.